The fourth-order valence-electron chi connectivity index (χ4n) is 3.20. The highest BCUT2D eigenvalue weighted by Crippen LogP contribution is 2.15. The van der Waals surface area contributed by atoms with Crippen LogP contribution in [-0.2, 0) is 27.3 Å². The SMILES string of the molecule is CCOC(=O)CCn1ccnc1CCC(=O)N1CCCC(N(C)C)C1. The van der Waals surface area contributed by atoms with Crippen molar-refractivity contribution in [3.8, 4) is 0 Å². The number of carbonyl (C=O) groups excluding carboxylic acids is 2. The van der Waals surface area contributed by atoms with Gasteiger partial charge >= 0.3 is 5.97 Å². The number of piperidine rings is 1. The van der Waals surface area contributed by atoms with E-state index in [9.17, 15) is 9.59 Å². The summed E-state index contributed by atoms with van der Waals surface area (Å²) >= 11 is 0. The maximum Gasteiger partial charge on any atom is 0.307 e. The largest absolute Gasteiger partial charge is 0.466 e. The molecule has 0 spiro atoms. The van der Waals surface area contributed by atoms with Gasteiger partial charge < -0.3 is 19.1 Å². The van der Waals surface area contributed by atoms with Crippen LogP contribution in [0.15, 0.2) is 12.4 Å². The number of imidazole rings is 1. The molecule has 1 aromatic rings. The van der Waals surface area contributed by atoms with E-state index in [1.54, 1.807) is 13.1 Å². The normalized spacial score (nSPS) is 17.8. The molecule has 1 amide bonds. The van der Waals surface area contributed by atoms with Crippen molar-refractivity contribution in [2.75, 3.05) is 33.8 Å². The molecule has 25 heavy (non-hydrogen) atoms. The van der Waals surface area contributed by atoms with E-state index in [-0.39, 0.29) is 11.9 Å². The Hall–Kier alpha value is -1.89. The van der Waals surface area contributed by atoms with Gasteiger partial charge in [-0.05, 0) is 33.9 Å². The first-order valence-electron chi connectivity index (χ1n) is 9.11. The predicted molar refractivity (Wildman–Crippen MR) is 95.1 cm³/mol. The third-order valence-corrected chi connectivity index (χ3v) is 4.71. The molecule has 140 valence electrons. The Balaban J connectivity index is 1.82. The van der Waals surface area contributed by atoms with Gasteiger partial charge in [0.1, 0.15) is 5.82 Å². The predicted octanol–water partition coefficient (Wildman–Crippen LogP) is 1.32. The first kappa shape index (κ1) is 19.4. The van der Waals surface area contributed by atoms with Crippen LogP contribution in [-0.4, -0.2) is 71.1 Å². The second kappa shape index (κ2) is 9.56. The Morgan fingerprint density at radius 1 is 1.36 bits per heavy atom. The molecule has 2 heterocycles. The molecular weight excluding hydrogens is 320 g/mol. The van der Waals surface area contributed by atoms with Crippen molar-refractivity contribution in [2.45, 2.75) is 51.6 Å². The summed E-state index contributed by atoms with van der Waals surface area (Å²) in [6, 6.07) is 0.448. The summed E-state index contributed by atoms with van der Waals surface area (Å²) < 4.78 is 6.88. The lowest BCUT2D eigenvalue weighted by Gasteiger charge is -2.36. The maximum absolute atomic E-state index is 12.5. The van der Waals surface area contributed by atoms with E-state index in [2.05, 4.69) is 24.0 Å². The van der Waals surface area contributed by atoms with Crippen LogP contribution < -0.4 is 0 Å². The summed E-state index contributed by atoms with van der Waals surface area (Å²) in [6.45, 7) is 4.39. The van der Waals surface area contributed by atoms with Crippen molar-refractivity contribution in [3.63, 3.8) is 0 Å². The van der Waals surface area contributed by atoms with Gasteiger partial charge in [0.25, 0.3) is 0 Å². The fourth-order valence-corrected chi connectivity index (χ4v) is 3.20. The van der Waals surface area contributed by atoms with Crippen LogP contribution in [0.4, 0.5) is 0 Å². The molecule has 2 rings (SSSR count). The average Bonchev–Trinajstić information content (AvgIpc) is 3.05. The molecular formula is C18H30N4O3. The van der Waals surface area contributed by atoms with Gasteiger partial charge in [-0.15, -0.1) is 0 Å². The highest BCUT2D eigenvalue weighted by molar-refractivity contribution is 5.76. The number of amides is 1. The summed E-state index contributed by atoms with van der Waals surface area (Å²) in [7, 11) is 4.14. The summed E-state index contributed by atoms with van der Waals surface area (Å²) in [6.07, 6.45) is 7.14. The van der Waals surface area contributed by atoms with Crippen molar-refractivity contribution in [2.24, 2.45) is 0 Å². The number of esters is 1. The molecule has 0 aromatic carbocycles. The smallest absolute Gasteiger partial charge is 0.307 e. The van der Waals surface area contributed by atoms with Crippen LogP contribution in [0.25, 0.3) is 0 Å². The number of likely N-dealkylation sites (tertiary alicyclic amines) is 1. The first-order chi connectivity index (χ1) is 12.0. The van der Waals surface area contributed by atoms with E-state index < -0.39 is 0 Å². The van der Waals surface area contributed by atoms with Crippen LogP contribution in [0.1, 0.15) is 38.4 Å². The third-order valence-electron chi connectivity index (χ3n) is 4.71. The molecule has 1 saturated heterocycles. The molecule has 0 aliphatic carbocycles. The van der Waals surface area contributed by atoms with E-state index in [0.29, 0.717) is 38.5 Å². The van der Waals surface area contributed by atoms with Crippen molar-refractivity contribution >= 4 is 11.9 Å². The molecule has 0 bridgehead atoms. The highest BCUT2D eigenvalue weighted by atomic mass is 16.5. The number of hydrogen-bond acceptors (Lipinski definition) is 5. The number of aromatic nitrogens is 2. The lowest BCUT2D eigenvalue weighted by molar-refractivity contribution is -0.143. The minimum absolute atomic E-state index is 0.187. The second-order valence-electron chi connectivity index (χ2n) is 6.69. The van der Waals surface area contributed by atoms with Gasteiger partial charge in [0, 0.05) is 50.9 Å². The Morgan fingerprint density at radius 2 is 2.16 bits per heavy atom. The summed E-state index contributed by atoms with van der Waals surface area (Å²) in [4.78, 5) is 32.5. The maximum atomic E-state index is 12.5. The van der Waals surface area contributed by atoms with Gasteiger partial charge in [0.2, 0.25) is 5.91 Å². The number of carbonyl (C=O) groups is 2. The molecule has 7 nitrogen and oxygen atoms in total. The number of hydrogen-bond donors (Lipinski definition) is 0. The van der Waals surface area contributed by atoms with Gasteiger partial charge in [-0.25, -0.2) is 4.98 Å². The summed E-state index contributed by atoms with van der Waals surface area (Å²) in [5.74, 6) is 0.826. The van der Waals surface area contributed by atoms with Crippen molar-refractivity contribution in [3.05, 3.63) is 18.2 Å². The topological polar surface area (TPSA) is 67.7 Å². The Morgan fingerprint density at radius 3 is 2.88 bits per heavy atom. The summed E-state index contributed by atoms with van der Waals surface area (Å²) in [5.41, 5.74) is 0. The standard InChI is InChI=1S/C18H30N4O3/c1-4-25-18(24)9-12-21-13-10-19-16(21)7-8-17(23)22-11-5-6-15(14-22)20(2)3/h10,13,15H,4-9,11-12,14H2,1-3H3. The van der Waals surface area contributed by atoms with Gasteiger partial charge in [-0.2, -0.15) is 0 Å². The molecule has 0 radical (unpaired) electrons. The monoisotopic (exact) mass is 350 g/mol. The van der Waals surface area contributed by atoms with Gasteiger partial charge in [0.15, 0.2) is 0 Å². The van der Waals surface area contributed by atoms with E-state index in [1.165, 1.54) is 0 Å². The molecule has 1 fully saturated rings. The van der Waals surface area contributed by atoms with E-state index in [4.69, 9.17) is 4.74 Å². The van der Waals surface area contributed by atoms with Gasteiger partial charge in [-0.1, -0.05) is 0 Å². The van der Waals surface area contributed by atoms with Crippen LogP contribution in [0.3, 0.4) is 0 Å². The molecule has 1 atom stereocenters. The van der Waals surface area contributed by atoms with Gasteiger partial charge in [0.05, 0.1) is 13.0 Å². The molecule has 0 N–H and O–H groups in total. The minimum Gasteiger partial charge on any atom is -0.466 e. The number of nitrogens with zero attached hydrogens (tertiary/aromatic N) is 4. The Bertz CT molecular complexity index is 570. The highest BCUT2D eigenvalue weighted by Gasteiger charge is 2.24. The molecule has 0 saturated carbocycles. The summed E-state index contributed by atoms with van der Waals surface area (Å²) in [5, 5.41) is 0. The Kier molecular flexibility index (Phi) is 7.43. The molecule has 1 aliphatic rings. The van der Waals surface area contributed by atoms with Crippen LogP contribution in [0.2, 0.25) is 0 Å². The average molecular weight is 350 g/mol. The zero-order chi connectivity index (χ0) is 18.2. The van der Waals surface area contributed by atoms with Crippen molar-refractivity contribution in [1.82, 2.24) is 19.4 Å². The van der Waals surface area contributed by atoms with Crippen LogP contribution in [0.5, 0.6) is 0 Å². The first-order valence-corrected chi connectivity index (χ1v) is 9.11. The zero-order valence-electron chi connectivity index (χ0n) is 15.6. The van der Waals surface area contributed by atoms with E-state index in [0.717, 1.165) is 31.8 Å². The minimum atomic E-state index is -0.207. The lowest BCUT2D eigenvalue weighted by Crippen LogP contribution is -2.47. The number of aryl methyl sites for hydroxylation is 2. The lowest BCUT2D eigenvalue weighted by atomic mass is 10.0. The van der Waals surface area contributed by atoms with Crippen molar-refractivity contribution in [1.29, 1.82) is 0 Å². The van der Waals surface area contributed by atoms with Crippen molar-refractivity contribution < 1.29 is 14.3 Å². The number of ether oxygens (including phenoxy) is 1. The van der Waals surface area contributed by atoms with Crippen LogP contribution >= 0.6 is 0 Å². The number of likely N-dealkylation sites (N-methyl/N-ethyl adjacent to an activating group) is 1. The molecule has 7 heteroatoms. The zero-order valence-corrected chi connectivity index (χ0v) is 15.6. The van der Waals surface area contributed by atoms with E-state index in [1.807, 2.05) is 15.7 Å². The molecule has 1 aromatic heterocycles. The Labute approximate surface area is 149 Å². The number of rotatable bonds is 8. The fraction of sp³-hybridized carbons (Fsp3) is 0.722. The van der Waals surface area contributed by atoms with Crippen LogP contribution in [0, 0.1) is 0 Å². The van der Waals surface area contributed by atoms with Gasteiger partial charge in [-0.3, -0.25) is 9.59 Å². The third kappa shape index (κ3) is 5.85. The quantitative estimate of drug-likeness (QED) is 0.662. The second-order valence-corrected chi connectivity index (χ2v) is 6.69. The van der Waals surface area contributed by atoms with E-state index >= 15 is 0 Å². The molecule has 1 unspecified atom stereocenters. The molecule has 1 aliphatic heterocycles.